The molecule has 0 amide bonds. The minimum absolute atomic E-state index is 0.227. The van der Waals surface area contributed by atoms with E-state index in [1.807, 2.05) is 0 Å². The van der Waals surface area contributed by atoms with Gasteiger partial charge in [0.15, 0.2) is 6.61 Å². The van der Waals surface area contributed by atoms with Crippen molar-refractivity contribution in [3.05, 3.63) is 35.9 Å². The van der Waals surface area contributed by atoms with Gasteiger partial charge in [0.1, 0.15) is 5.75 Å². The summed E-state index contributed by atoms with van der Waals surface area (Å²) in [5.41, 5.74) is 0.895. The maximum Gasteiger partial charge on any atom is 0.341 e. The monoisotopic (exact) mass is 264 g/mol. The van der Waals surface area contributed by atoms with Crippen LogP contribution in [0, 0.1) is 0 Å². The van der Waals surface area contributed by atoms with E-state index < -0.39 is 5.97 Å². The van der Waals surface area contributed by atoms with E-state index in [4.69, 9.17) is 14.6 Å². The molecule has 0 aliphatic rings. The predicted molar refractivity (Wildman–Crippen MR) is 69.9 cm³/mol. The fraction of sp³-hybridized carbons (Fsp3) is 0.286. The smallest absolute Gasteiger partial charge is 0.341 e. The van der Waals surface area contributed by atoms with E-state index in [0.717, 1.165) is 5.56 Å². The fourth-order valence-corrected chi connectivity index (χ4v) is 1.33. The Labute approximate surface area is 111 Å². The van der Waals surface area contributed by atoms with Gasteiger partial charge in [0.25, 0.3) is 0 Å². The van der Waals surface area contributed by atoms with Crippen LogP contribution in [-0.2, 0) is 14.3 Å². The second kappa shape index (κ2) is 7.92. The average Bonchev–Trinajstić information content (AvgIpc) is 2.38. The van der Waals surface area contributed by atoms with Gasteiger partial charge < -0.3 is 14.6 Å². The predicted octanol–water partition coefficient (Wildman–Crippen LogP) is 2.12. The number of esters is 1. The van der Waals surface area contributed by atoms with Crippen molar-refractivity contribution in [2.24, 2.45) is 0 Å². The molecule has 0 heterocycles. The fourth-order valence-electron chi connectivity index (χ4n) is 1.33. The minimum Gasteiger partial charge on any atom is -0.482 e. The maximum absolute atomic E-state index is 11.1. The second-order valence-corrected chi connectivity index (χ2v) is 3.66. The molecule has 0 fully saturated rings. The Bertz CT molecular complexity index is 447. The number of hydrogen-bond acceptors (Lipinski definition) is 4. The Morgan fingerprint density at radius 3 is 2.53 bits per heavy atom. The van der Waals surface area contributed by atoms with E-state index in [0.29, 0.717) is 12.4 Å². The zero-order valence-electron chi connectivity index (χ0n) is 10.7. The van der Waals surface area contributed by atoms with Crippen molar-refractivity contribution in [3.8, 4) is 5.75 Å². The molecule has 1 N–H and O–H groups in total. The average molecular weight is 264 g/mol. The van der Waals surface area contributed by atoms with Crippen molar-refractivity contribution in [2.75, 3.05) is 13.2 Å². The van der Waals surface area contributed by atoms with Crippen LogP contribution in [0.4, 0.5) is 0 Å². The van der Waals surface area contributed by atoms with E-state index in [2.05, 4.69) is 0 Å². The Hall–Kier alpha value is -2.30. The SMILES string of the molecule is CCOC(=O)CC=Cc1ccc(OCC(=O)O)cc1. The summed E-state index contributed by atoms with van der Waals surface area (Å²) in [6, 6.07) is 6.90. The molecule has 0 unspecified atom stereocenters. The first-order valence-electron chi connectivity index (χ1n) is 5.88. The van der Waals surface area contributed by atoms with Crippen LogP contribution >= 0.6 is 0 Å². The molecule has 0 saturated heterocycles. The first-order chi connectivity index (χ1) is 9.11. The van der Waals surface area contributed by atoms with Gasteiger partial charge in [-0.05, 0) is 24.6 Å². The molecule has 0 saturated carbocycles. The van der Waals surface area contributed by atoms with Crippen LogP contribution in [0.1, 0.15) is 18.9 Å². The quantitative estimate of drug-likeness (QED) is 0.764. The Balaban J connectivity index is 2.45. The zero-order chi connectivity index (χ0) is 14.1. The molecule has 0 aromatic heterocycles. The maximum atomic E-state index is 11.1. The van der Waals surface area contributed by atoms with Gasteiger partial charge in [-0.15, -0.1) is 0 Å². The summed E-state index contributed by atoms with van der Waals surface area (Å²) >= 11 is 0. The van der Waals surface area contributed by atoms with Gasteiger partial charge in [-0.3, -0.25) is 4.79 Å². The molecule has 19 heavy (non-hydrogen) atoms. The third-order valence-corrected chi connectivity index (χ3v) is 2.14. The van der Waals surface area contributed by atoms with Crippen molar-refractivity contribution in [1.82, 2.24) is 0 Å². The molecule has 1 aromatic carbocycles. The first-order valence-corrected chi connectivity index (χ1v) is 5.88. The summed E-state index contributed by atoms with van der Waals surface area (Å²) in [6.45, 7) is 1.78. The van der Waals surface area contributed by atoms with Gasteiger partial charge in [-0.25, -0.2) is 4.79 Å². The normalized spacial score (nSPS) is 10.4. The first kappa shape index (κ1) is 14.8. The highest BCUT2D eigenvalue weighted by Crippen LogP contribution is 2.13. The second-order valence-electron chi connectivity index (χ2n) is 3.66. The highest BCUT2D eigenvalue weighted by Gasteiger charge is 1.99. The zero-order valence-corrected chi connectivity index (χ0v) is 10.7. The molecule has 1 rings (SSSR count). The number of carbonyl (C=O) groups excluding carboxylic acids is 1. The highest BCUT2D eigenvalue weighted by molar-refractivity contribution is 5.72. The summed E-state index contributed by atoms with van der Waals surface area (Å²) in [4.78, 5) is 21.4. The molecule has 0 bridgehead atoms. The lowest BCUT2D eigenvalue weighted by atomic mass is 10.2. The minimum atomic E-state index is -1.02. The van der Waals surface area contributed by atoms with Crippen LogP contribution in [0.3, 0.4) is 0 Å². The van der Waals surface area contributed by atoms with E-state index in [1.165, 1.54) is 0 Å². The van der Waals surface area contributed by atoms with Crippen molar-refractivity contribution in [1.29, 1.82) is 0 Å². The van der Waals surface area contributed by atoms with Crippen molar-refractivity contribution < 1.29 is 24.2 Å². The highest BCUT2D eigenvalue weighted by atomic mass is 16.5. The van der Waals surface area contributed by atoms with Crippen molar-refractivity contribution >= 4 is 18.0 Å². The Morgan fingerprint density at radius 2 is 1.95 bits per heavy atom. The van der Waals surface area contributed by atoms with E-state index in [-0.39, 0.29) is 19.0 Å². The van der Waals surface area contributed by atoms with Gasteiger partial charge in [-0.2, -0.15) is 0 Å². The third kappa shape index (κ3) is 6.26. The molecule has 5 nitrogen and oxygen atoms in total. The standard InChI is InChI=1S/C14H16O5/c1-2-18-14(17)5-3-4-11-6-8-12(9-7-11)19-10-13(15)16/h3-4,6-9H,2,5,10H2,1H3,(H,15,16). The van der Waals surface area contributed by atoms with Crippen LogP contribution in [0.25, 0.3) is 6.08 Å². The number of hydrogen-bond donors (Lipinski definition) is 1. The Kier molecular flexibility index (Phi) is 6.15. The molecule has 0 aliphatic carbocycles. The van der Waals surface area contributed by atoms with E-state index >= 15 is 0 Å². The van der Waals surface area contributed by atoms with Crippen LogP contribution in [0.15, 0.2) is 30.3 Å². The van der Waals surface area contributed by atoms with Gasteiger partial charge >= 0.3 is 11.9 Å². The molecule has 5 heteroatoms. The molecule has 0 aliphatic heterocycles. The molecule has 0 atom stereocenters. The van der Waals surface area contributed by atoms with Crippen LogP contribution < -0.4 is 4.74 Å². The van der Waals surface area contributed by atoms with Crippen LogP contribution in [-0.4, -0.2) is 30.3 Å². The summed E-state index contributed by atoms with van der Waals surface area (Å²) in [7, 11) is 0. The lowest BCUT2D eigenvalue weighted by Crippen LogP contribution is -2.09. The number of ether oxygens (including phenoxy) is 2. The van der Waals surface area contributed by atoms with Crippen molar-refractivity contribution in [2.45, 2.75) is 13.3 Å². The molecule has 0 radical (unpaired) electrons. The number of aliphatic carboxylic acids is 1. The largest absolute Gasteiger partial charge is 0.482 e. The van der Waals surface area contributed by atoms with Gasteiger partial charge in [0.2, 0.25) is 0 Å². The molecule has 102 valence electrons. The van der Waals surface area contributed by atoms with Crippen LogP contribution in [0.2, 0.25) is 0 Å². The van der Waals surface area contributed by atoms with E-state index in [1.54, 1.807) is 43.3 Å². The summed E-state index contributed by atoms with van der Waals surface area (Å²) < 4.78 is 9.79. The van der Waals surface area contributed by atoms with Gasteiger partial charge in [0, 0.05) is 0 Å². The lowest BCUT2D eigenvalue weighted by Gasteiger charge is -2.02. The molecule has 0 spiro atoms. The topological polar surface area (TPSA) is 72.8 Å². The summed E-state index contributed by atoms with van der Waals surface area (Å²) in [5.74, 6) is -0.788. The number of carboxylic acids is 1. The van der Waals surface area contributed by atoms with Gasteiger partial charge in [0.05, 0.1) is 13.0 Å². The number of carbonyl (C=O) groups is 2. The number of carboxylic acid groups (broad SMARTS) is 1. The lowest BCUT2D eigenvalue weighted by molar-refractivity contribution is -0.142. The molecular formula is C14H16O5. The molecule has 1 aromatic rings. The third-order valence-electron chi connectivity index (χ3n) is 2.14. The summed E-state index contributed by atoms with van der Waals surface area (Å²) in [6.07, 6.45) is 3.73. The van der Waals surface area contributed by atoms with E-state index in [9.17, 15) is 9.59 Å². The number of rotatable bonds is 7. The van der Waals surface area contributed by atoms with Crippen molar-refractivity contribution in [3.63, 3.8) is 0 Å². The number of benzene rings is 1. The van der Waals surface area contributed by atoms with Gasteiger partial charge in [-0.1, -0.05) is 24.3 Å². The Morgan fingerprint density at radius 1 is 1.26 bits per heavy atom. The summed E-state index contributed by atoms with van der Waals surface area (Å²) in [5, 5.41) is 8.46. The molecular weight excluding hydrogens is 248 g/mol. The van der Waals surface area contributed by atoms with Crippen LogP contribution in [0.5, 0.6) is 5.75 Å².